The third kappa shape index (κ3) is 4.06. The van der Waals surface area contributed by atoms with Gasteiger partial charge in [0.1, 0.15) is 22.9 Å². The molecular formula is C21H23N5O3. The topological polar surface area (TPSA) is 82.4 Å². The van der Waals surface area contributed by atoms with Crippen molar-refractivity contribution in [1.29, 1.82) is 0 Å². The second-order valence-electron chi connectivity index (χ2n) is 6.95. The molecule has 1 aromatic carbocycles. The van der Waals surface area contributed by atoms with Crippen LogP contribution in [0.2, 0.25) is 0 Å². The normalized spacial score (nSPS) is 16.5. The van der Waals surface area contributed by atoms with Crippen LogP contribution in [0.1, 0.15) is 34.9 Å². The highest BCUT2D eigenvalue weighted by atomic mass is 16.5. The lowest BCUT2D eigenvalue weighted by Crippen LogP contribution is -2.40. The van der Waals surface area contributed by atoms with Gasteiger partial charge in [0.2, 0.25) is 5.88 Å². The van der Waals surface area contributed by atoms with Crippen molar-refractivity contribution in [2.75, 3.05) is 20.2 Å². The van der Waals surface area contributed by atoms with E-state index in [4.69, 9.17) is 9.47 Å². The molecule has 29 heavy (non-hydrogen) atoms. The standard InChI is InChI=1S/C21H23N5O3/c1-25-18(9-10-24-25)21(27)26-13-3-4-15(14-26)19-20(23-12-11-22-19)29-17-7-5-16(28-2)6-8-17/h5-12,15H,3-4,13-14H2,1-2H3/t15-/m1/s1. The molecule has 1 amide bonds. The van der Waals surface area contributed by atoms with Crippen molar-refractivity contribution < 1.29 is 14.3 Å². The first-order valence-electron chi connectivity index (χ1n) is 9.56. The van der Waals surface area contributed by atoms with Crippen molar-refractivity contribution in [3.05, 3.63) is 60.3 Å². The summed E-state index contributed by atoms with van der Waals surface area (Å²) in [4.78, 5) is 23.7. The fourth-order valence-corrected chi connectivity index (χ4v) is 3.58. The molecule has 0 bridgehead atoms. The molecule has 0 saturated carbocycles. The van der Waals surface area contributed by atoms with Gasteiger partial charge in [-0.2, -0.15) is 5.10 Å². The zero-order chi connectivity index (χ0) is 20.2. The minimum absolute atomic E-state index is 0.0174. The molecule has 8 nitrogen and oxygen atoms in total. The van der Waals surface area contributed by atoms with Gasteiger partial charge in [-0.05, 0) is 43.2 Å². The summed E-state index contributed by atoms with van der Waals surface area (Å²) in [7, 11) is 3.40. The molecule has 1 atom stereocenters. The number of nitrogens with zero attached hydrogens (tertiary/aromatic N) is 5. The number of piperidine rings is 1. The Morgan fingerprint density at radius 2 is 1.83 bits per heavy atom. The summed E-state index contributed by atoms with van der Waals surface area (Å²) in [6.07, 6.45) is 6.74. The van der Waals surface area contributed by atoms with Crippen LogP contribution in [0.4, 0.5) is 0 Å². The highest BCUT2D eigenvalue weighted by molar-refractivity contribution is 5.92. The Balaban J connectivity index is 1.53. The van der Waals surface area contributed by atoms with E-state index in [-0.39, 0.29) is 11.8 Å². The molecule has 150 valence electrons. The molecule has 1 aliphatic rings. The maximum Gasteiger partial charge on any atom is 0.272 e. The van der Waals surface area contributed by atoms with Gasteiger partial charge in [0.15, 0.2) is 0 Å². The number of amides is 1. The highest BCUT2D eigenvalue weighted by Gasteiger charge is 2.29. The number of hydrogen-bond donors (Lipinski definition) is 0. The first kappa shape index (κ1) is 18.9. The van der Waals surface area contributed by atoms with Gasteiger partial charge in [0.25, 0.3) is 5.91 Å². The van der Waals surface area contributed by atoms with Crippen molar-refractivity contribution >= 4 is 5.91 Å². The number of aromatic nitrogens is 4. The Labute approximate surface area is 169 Å². The number of benzene rings is 1. The largest absolute Gasteiger partial charge is 0.497 e. The lowest BCUT2D eigenvalue weighted by atomic mass is 9.94. The van der Waals surface area contributed by atoms with Crippen LogP contribution in [-0.2, 0) is 7.05 Å². The van der Waals surface area contributed by atoms with E-state index in [1.807, 2.05) is 29.2 Å². The van der Waals surface area contributed by atoms with Crippen molar-refractivity contribution in [3.63, 3.8) is 0 Å². The molecule has 4 rings (SSSR count). The van der Waals surface area contributed by atoms with Crippen LogP contribution in [0.3, 0.4) is 0 Å². The van der Waals surface area contributed by atoms with Crippen LogP contribution in [-0.4, -0.2) is 50.8 Å². The van der Waals surface area contributed by atoms with Crippen LogP contribution in [0.25, 0.3) is 0 Å². The molecule has 2 aromatic heterocycles. The quantitative estimate of drug-likeness (QED) is 0.663. The number of ether oxygens (including phenoxy) is 2. The van der Waals surface area contributed by atoms with Gasteiger partial charge in [-0.25, -0.2) is 4.98 Å². The summed E-state index contributed by atoms with van der Waals surface area (Å²) < 4.78 is 12.8. The van der Waals surface area contributed by atoms with Gasteiger partial charge in [-0.1, -0.05) is 0 Å². The summed E-state index contributed by atoms with van der Waals surface area (Å²) in [5.74, 6) is 1.93. The second kappa shape index (κ2) is 8.30. The molecule has 0 spiro atoms. The van der Waals surface area contributed by atoms with E-state index < -0.39 is 0 Å². The van der Waals surface area contributed by atoms with E-state index in [2.05, 4.69) is 15.1 Å². The van der Waals surface area contributed by atoms with Gasteiger partial charge in [-0.3, -0.25) is 14.5 Å². The van der Waals surface area contributed by atoms with E-state index in [0.29, 0.717) is 23.9 Å². The highest BCUT2D eigenvalue weighted by Crippen LogP contribution is 2.33. The number of carbonyl (C=O) groups is 1. The third-order valence-electron chi connectivity index (χ3n) is 5.10. The SMILES string of the molecule is COc1ccc(Oc2nccnc2[C@@H]2CCCN(C(=O)c3ccnn3C)C2)cc1. The van der Waals surface area contributed by atoms with Gasteiger partial charge >= 0.3 is 0 Å². The van der Waals surface area contributed by atoms with E-state index >= 15 is 0 Å². The molecule has 0 N–H and O–H groups in total. The molecule has 3 aromatic rings. The average molecular weight is 393 g/mol. The predicted octanol–water partition coefficient (Wildman–Crippen LogP) is 3.03. The lowest BCUT2D eigenvalue weighted by molar-refractivity contribution is 0.0693. The van der Waals surface area contributed by atoms with Gasteiger partial charge in [-0.15, -0.1) is 0 Å². The number of carbonyl (C=O) groups excluding carboxylic acids is 1. The molecule has 3 heterocycles. The Morgan fingerprint density at radius 3 is 2.55 bits per heavy atom. The Bertz CT molecular complexity index is 986. The van der Waals surface area contributed by atoms with Gasteiger partial charge in [0, 0.05) is 44.6 Å². The van der Waals surface area contributed by atoms with Crippen LogP contribution in [0.15, 0.2) is 48.9 Å². The zero-order valence-electron chi connectivity index (χ0n) is 16.5. The predicted molar refractivity (Wildman–Crippen MR) is 106 cm³/mol. The van der Waals surface area contributed by atoms with E-state index in [0.717, 1.165) is 30.8 Å². The summed E-state index contributed by atoms with van der Waals surface area (Å²) in [5, 5.41) is 4.10. The minimum Gasteiger partial charge on any atom is -0.497 e. The number of likely N-dealkylation sites (tertiary alicyclic amines) is 1. The van der Waals surface area contributed by atoms with Crippen LogP contribution in [0, 0.1) is 0 Å². The minimum atomic E-state index is -0.0174. The molecule has 1 saturated heterocycles. The summed E-state index contributed by atoms with van der Waals surface area (Å²) >= 11 is 0. The summed E-state index contributed by atoms with van der Waals surface area (Å²) in [5.41, 5.74) is 1.35. The first-order valence-corrected chi connectivity index (χ1v) is 9.56. The molecule has 0 radical (unpaired) electrons. The van der Waals surface area contributed by atoms with Crippen LogP contribution in [0.5, 0.6) is 17.4 Å². The molecular weight excluding hydrogens is 370 g/mol. The number of aryl methyl sites for hydroxylation is 1. The third-order valence-corrected chi connectivity index (χ3v) is 5.10. The Morgan fingerprint density at radius 1 is 1.07 bits per heavy atom. The average Bonchev–Trinajstić information content (AvgIpc) is 3.20. The van der Waals surface area contributed by atoms with E-state index in [1.165, 1.54) is 0 Å². The molecule has 0 aliphatic carbocycles. The van der Waals surface area contributed by atoms with Crippen molar-refractivity contribution in [3.8, 4) is 17.4 Å². The fourth-order valence-electron chi connectivity index (χ4n) is 3.58. The first-order chi connectivity index (χ1) is 14.2. The monoisotopic (exact) mass is 393 g/mol. The smallest absolute Gasteiger partial charge is 0.272 e. The molecule has 1 fully saturated rings. The Kier molecular flexibility index (Phi) is 5.41. The number of rotatable bonds is 5. The van der Waals surface area contributed by atoms with Crippen molar-refractivity contribution in [2.45, 2.75) is 18.8 Å². The van der Waals surface area contributed by atoms with Gasteiger partial charge < -0.3 is 14.4 Å². The van der Waals surface area contributed by atoms with E-state index in [9.17, 15) is 4.79 Å². The summed E-state index contributed by atoms with van der Waals surface area (Å²) in [6.45, 7) is 1.29. The second-order valence-corrected chi connectivity index (χ2v) is 6.95. The zero-order valence-corrected chi connectivity index (χ0v) is 16.5. The fraction of sp³-hybridized carbons (Fsp3) is 0.333. The number of hydrogen-bond acceptors (Lipinski definition) is 6. The Hall–Kier alpha value is -3.42. The van der Waals surface area contributed by atoms with Crippen molar-refractivity contribution in [2.24, 2.45) is 7.05 Å². The van der Waals surface area contributed by atoms with Gasteiger partial charge in [0.05, 0.1) is 7.11 Å². The van der Waals surface area contributed by atoms with E-state index in [1.54, 1.807) is 43.5 Å². The molecule has 0 unspecified atom stereocenters. The molecule has 8 heteroatoms. The lowest BCUT2D eigenvalue weighted by Gasteiger charge is -2.32. The van der Waals surface area contributed by atoms with Crippen LogP contribution < -0.4 is 9.47 Å². The summed E-state index contributed by atoms with van der Waals surface area (Å²) in [6, 6.07) is 9.07. The number of methoxy groups -OCH3 is 1. The van der Waals surface area contributed by atoms with Crippen LogP contribution >= 0.6 is 0 Å². The maximum atomic E-state index is 12.9. The molecule has 1 aliphatic heterocycles. The maximum absolute atomic E-state index is 12.9. The van der Waals surface area contributed by atoms with Crippen molar-refractivity contribution in [1.82, 2.24) is 24.6 Å².